The van der Waals surface area contributed by atoms with E-state index in [1.165, 1.54) is 12.1 Å². The van der Waals surface area contributed by atoms with Crippen LogP contribution in [0.2, 0.25) is 0 Å². The lowest BCUT2D eigenvalue weighted by molar-refractivity contribution is -0.124. The van der Waals surface area contributed by atoms with Gasteiger partial charge in [0.1, 0.15) is 5.76 Å². The first-order valence-corrected chi connectivity index (χ1v) is 5.73. The van der Waals surface area contributed by atoms with Crippen molar-refractivity contribution in [1.29, 1.82) is 0 Å². The number of thioether (sulfide) groups is 1. The van der Waals surface area contributed by atoms with Crippen LogP contribution in [-0.4, -0.2) is 24.2 Å². The molecule has 3 N–H and O–H groups in total. The molecule has 0 atom stereocenters. The predicted octanol–water partition coefficient (Wildman–Crippen LogP) is 0.882. The third kappa shape index (κ3) is 5.15. The van der Waals surface area contributed by atoms with Crippen molar-refractivity contribution < 1.29 is 27.6 Å². The minimum Gasteiger partial charge on any atom is -0.455 e. The number of nitrogens with one attached hydrogen (secondary N) is 1. The standard InChI is InChI=1S/C9H10F2N2O4S/c10-9(11)18-4-5-1-2-6(17-5)8(15)13-16-3-7(12)14/h1-2,9H,3-4H2,(H2,12,14)(H,13,15). The number of nitrogens with two attached hydrogens (primary N) is 1. The molecule has 100 valence electrons. The van der Waals surface area contributed by atoms with Gasteiger partial charge in [0.15, 0.2) is 12.4 Å². The molecule has 1 aromatic heterocycles. The van der Waals surface area contributed by atoms with Gasteiger partial charge >= 0.3 is 5.91 Å². The maximum absolute atomic E-state index is 11.9. The van der Waals surface area contributed by atoms with Crippen molar-refractivity contribution in [3.63, 3.8) is 0 Å². The molecule has 0 spiro atoms. The van der Waals surface area contributed by atoms with Gasteiger partial charge in [-0.3, -0.25) is 14.4 Å². The van der Waals surface area contributed by atoms with E-state index in [0.29, 0.717) is 11.8 Å². The second-order valence-corrected chi connectivity index (χ2v) is 4.00. The highest BCUT2D eigenvalue weighted by molar-refractivity contribution is 7.98. The van der Waals surface area contributed by atoms with Gasteiger partial charge in [0.2, 0.25) is 5.91 Å². The summed E-state index contributed by atoms with van der Waals surface area (Å²) in [5, 5.41) is 0. The SMILES string of the molecule is NC(=O)CONC(=O)c1ccc(CSC(F)F)o1. The fraction of sp³-hybridized carbons (Fsp3) is 0.333. The lowest BCUT2D eigenvalue weighted by Gasteiger charge is -2.01. The number of halogens is 2. The predicted molar refractivity (Wildman–Crippen MR) is 58.6 cm³/mol. The maximum atomic E-state index is 11.9. The third-order valence-electron chi connectivity index (χ3n) is 1.62. The second kappa shape index (κ2) is 6.97. The normalized spacial score (nSPS) is 10.6. The van der Waals surface area contributed by atoms with E-state index in [2.05, 4.69) is 4.84 Å². The number of hydrogen-bond acceptors (Lipinski definition) is 5. The minimum atomic E-state index is -2.51. The van der Waals surface area contributed by atoms with Gasteiger partial charge in [-0.2, -0.15) is 8.78 Å². The molecule has 0 aliphatic rings. The molecule has 0 aliphatic heterocycles. The molecule has 2 amide bonds. The zero-order valence-electron chi connectivity index (χ0n) is 9.02. The quantitative estimate of drug-likeness (QED) is 0.723. The number of furan rings is 1. The van der Waals surface area contributed by atoms with Crippen LogP contribution >= 0.6 is 11.8 Å². The summed E-state index contributed by atoms with van der Waals surface area (Å²) in [4.78, 5) is 26.1. The largest absolute Gasteiger partial charge is 0.455 e. The van der Waals surface area contributed by atoms with Crippen LogP contribution in [0.25, 0.3) is 0 Å². The van der Waals surface area contributed by atoms with Gasteiger partial charge in [-0.15, -0.1) is 0 Å². The van der Waals surface area contributed by atoms with Crippen LogP contribution in [0.5, 0.6) is 0 Å². The summed E-state index contributed by atoms with van der Waals surface area (Å²) in [6.45, 7) is -0.472. The molecule has 0 aliphatic carbocycles. The fourth-order valence-corrected chi connectivity index (χ4v) is 1.39. The molecule has 0 aromatic carbocycles. The molecule has 18 heavy (non-hydrogen) atoms. The number of carbonyl (C=O) groups is 2. The van der Waals surface area contributed by atoms with E-state index >= 15 is 0 Å². The van der Waals surface area contributed by atoms with Crippen molar-refractivity contribution in [2.24, 2.45) is 5.73 Å². The third-order valence-corrected chi connectivity index (χ3v) is 2.32. The van der Waals surface area contributed by atoms with E-state index in [1.54, 1.807) is 0 Å². The van der Waals surface area contributed by atoms with Crippen LogP contribution in [0.4, 0.5) is 8.78 Å². The number of hydrogen-bond donors (Lipinski definition) is 2. The number of amides is 2. The highest BCUT2D eigenvalue weighted by atomic mass is 32.2. The molecule has 0 saturated heterocycles. The summed E-state index contributed by atoms with van der Waals surface area (Å²) in [5.41, 5.74) is 6.70. The van der Waals surface area contributed by atoms with Crippen molar-refractivity contribution in [1.82, 2.24) is 5.48 Å². The van der Waals surface area contributed by atoms with Crippen LogP contribution in [0.1, 0.15) is 16.3 Å². The zero-order valence-corrected chi connectivity index (χ0v) is 9.84. The van der Waals surface area contributed by atoms with Crippen molar-refractivity contribution in [2.75, 3.05) is 6.61 Å². The number of rotatable bonds is 7. The summed E-state index contributed by atoms with van der Waals surface area (Å²) >= 11 is 0.380. The molecule has 0 bridgehead atoms. The molecular formula is C9H10F2N2O4S. The Bertz CT molecular complexity index is 424. The monoisotopic (exact) mass is 280 g/mol. The Morgan fingerprint density at radius 2 is 2.22 bits per heavy atom. The number of alkyl halides is 2. The van der Waals surface area contributed by atoms with Crippen LogP contribution in [0.3, 0.4) is 0 Å². The van der Waals surface area contributed by atoms with E-state index < -0.39 is 24.2 Å². The van der Waals surface area contributed by atoms with E-state index in [0.717, 1.165) is 0 Å². The summed E-state index contributed by atoms with van der Waals surface area (Å²) in [6.07, 6.45) is 0. The summed E-state index contributed by atoms with van der Waals surface area (Å²) < 4.78 is 28.8. The Kier molecular flexibility index (Phi) is 5.59. The van der Waals surface area contributed by atoms with Gasteiger partial charge in [-0.1, -0.05) is 11.8 Å². The Morgan fingerprint density at radius 1 is 1.50 bits per heavy atom. The Labute approximate surface area is 105 Å². The van der Waals surface area contributed by atoms with Gasteiger partial charge in [-0.05, 0) is 12.1 Å². The number of primary amides is 1. The first kappa shape index (κ1) is 14.5. The van der Waals surface area contributed by atoms with Crippen LogP contribution < -0.4 is 11.2 Å². The van der Waals surface area contributed by atoms with Gasteiger partial charge in [0.25, 0.3) is 5.76 Å². The van der Waals surface area contributed by atoms with Gasteiger partial charge in [0, 0.05) is 0 Å². The zero-order chi connectivity index (χ0) is 13.5. The molecule has 1 rings (SSSR count). The minimum absolute atomic E-state index is 0.0485. The van der Waals surface area contributed by atoms with Crippen molar-refractivity contribution >= 4 is 23.6 Å². The van der Waals surface area contributed by atoms with Crippen molar-refractivity contribution in [3.8, 4) is 0 Å². The molecule has 0 saturated carbocycles. The summed E-state index contributed by atoms with van der Waals surface area (Å²) in [6, 6.07) is 2.71. The molecule has 0 fully saturated rings. The highest BCUT2D eigenvalue weighted by Crippen LogP contribution is 2.21. The van der Waals surface area contributed by atoms with Crippen LogP contribution in [0, 0.1) is 0 Å². The average molecular weight is 280 g/mol. The Morgan fingerprint density at radius 3 is 2.83 bits per heavy atom. The van der Waals surface area contributed by atoms with Crippen LogP contribution in [-0.2, 0) is 15.4 Å². The van der Waals surface area contributed by atoms with E-state index in [1.807, 2.05) is 5.48 Å². The van der Waals surface area contributed by atoms with Crippen molar-refractivity contribution in [2.45, 2.75) is 11.5 Å². The first-order chi connectivity index (χ1) is 8.49. The van der Waals surface area contributed by atoms with Crippen LogP contribution in [0.15, 0.2) is 16.5 Å². The maximum Gasteiger partial charge on any atom is 0.310 e. The second-order valence-electron chi connectivity index (χ2n) is 3.02. The smallest absolute Gasteiger partial charge is 0.310 e. The summed E-state index contributed by atoms with van der Waals surface area (Å²) in [5.74, 6) is -3.91. The molecule has 1 heterocycles. The number of carbonyl (C=O) groups excluding carboxylic acids is 2. The topological polar surface area (TPSA) is 94.6 Å². The molecule has 6 nitrogen and oxygen atoms in total. The highest BCUT2D eigenvalue weighted by Gasteiger charge is 2.13. The van der Waals surface area contributed by atoms with Crippen molar-refractivity contribution in [3.05, 3.63) is 23.7 Å². The molecule has 9 heteroatoms. The van der Waals surface area contributed by atoms with Gasteiger partial charge in [0.05, 0.1) is 5.75 Å². The van der Waals surface area contributed by atoms with E-state index in [9.17, 15) is 18.4 Å². The molecular weight excluding hydrogens is 270 g/mol. The molecule has 0 unspecified atom stereocenters. The average Bonchev–Trinajstić information content (AvgIpc) is 2.74. The first-order valence-electron chi connectivity index (χ1n) is 4.68. The van der Waals surface area contributed by atoms with Gasteiger partial charge < -0.3 is 10.2 Å². The Balaban J connectivity index is 2.41. The summed E-state index contributed by atoms with van der Waals surface area (Å²) in [7, 11) is 0. The Hall–Kier alpha value is -1.61. The van der Waals surface area contributed by atoms with E-state index in [4.69, 9.17) is 10.2 Å². The lowest BCUT2D eigenvalue weighted by atomic mass is 10.4. The lowest BCUT2D eigenvalue weighted by Crippen LogP contribution is -2.29. The van der Waals surface area contributed by atoms with E-state index in [-0.39, 0.29) is 17.3 Å². The molecule has 1 aromatic rings. The molecule has 0 radical (unpaired) electrons. The number of hydroxylamine groups is 1. The van der Waals surface area contributed by atoms with Gasteiger partial charge in [-0.25, -0.2) is 5.48 Å². The fourth-order valence-electron chi connectivity index (χ4n) is 0.946.